The van der Waals surface area contributed by atoms with E-state index in [4.69, 9.17) is 16.3 Å². The fraction of sp³-hybridized carbons (Fsp3) is 0.600. The van der Waals surface area contributed by atoms with Crippen molar-refractivity contribution in [3.05, 3.63) is 22.6 Å². The first-order valence-corrected chi connectivity index (χ1v) is 5.80. The molecule has 0 aromatic carbocycles. The summed E-state index contributed by atoms with van der Waals surface area (Å²) in [7, 11) is 0. The molecule has 5 nitrogen and oxygen atoms in total. The fourth-order valence-electron chi connectivity index (χ4n) is 1.67. The van der Waals surface area contributed by atoms with E-state index in [1.807, 2.05) is 0 Å². The summed E-state index contributed by atoms with van der Waals surface area (Å²) in [6, 6.07) is 1.60. The van der Waals surface area contributed by atoms with Crippen molar-refractivity contribution in [3.8, 4) is 0 Å². The molecule has 0 spiro atoms. The standard InChI is InChI=1S/C10H14ClN3O2/c11-1-2-14-10(15)7-9(8-12-14)13-3-5-16-6-4-13/h7-8H,1-6H2. The average Bonchev–Trinajstić information content (AvgIpc) is 2.33. The summed E-state index contributed by atoms with van der Waals surface area (Å²) < 4.78 is 6.62. The van der Waals surface area contributed by atoms with E-state index < -0.39 is 0 Å². The largest absolute Gasteiger partial charge is 0.378 e. The number of anilines is 1. The second kappa shape index (κ2) is 5.32. The van der Waals surface area contributed by atoms with Crippen LogP contribution in [0.2, 0.25) is 0 Å². The number of hydrogen-bond donors (Lipinski definition) is 0. The molecule has 1 aromatic heterocycles. The molecule has 0 aliphatic carbocycles. The van der Waals surface area contributed by atoms with Gasteiger partial charge in [-0.2, -0.15) is 5.10 Å². The Hall–Kier alpha value is -1.07. The predicted octanol–water partition coefficient (Wildman–Crippen LogP) is 0.319. The van der Waals surface area contributed by atoms with E-state index in [1.54, 1.807) is 12.3 Å². The number of ether oxygens (including phenoxy) is 1. The number of aryl methyl sites for hydroxylation is 1. The Morgan fingerprint density at radius 2 is 2.19 bits per heavy atom. The van der Waals surface area contributed by atoms with Crippen molar-refractivity contribution in [2.24, 2.45) is 0 Å². The van der Waals surface area contributed by atoms with E-state index in [0.29, 0.717) is 25.6 Å². The van der Waals surface area contributed by atoms with Crippen LogP contribution in [-0.4, -0.2) is 42.0 Å². The lowest BCUT2D eigenvalue weighted by atomic mass is 10.3. The number of morpholine rings is 1. The highest BCUT2D eigenvalue weighted by Crippen LogP contribution is 2.11. The lowest BCUT2D eigenvalue weighted by Gasteiger charge is -2.28. The van der Waals surface area contributed by atoms with Crippen LogP contribution in [0.15, 0.2) is 17.1 Å². The minimum absolute atomic E-state index is 0.107. The lowest BCUT2D eigenvalue weighted by molar-refractivity contribution is 0.122. The Balaban J connectivity index is 2.16. The third-order valence-electron chi connectivity index (χ3n) is 2.53. The summed E-state index contributed by atoms with van der Waals surface area (Å²) in [5.74, 6) is 0.393. The maximum atomic E-state index is 11.7. The molecule has 16 heavy (non-hydrogen) atoms. The zero-order valence-electron chi connectivity index (χ0n) is 8.93. The second-order valence-electron chi connectivity index (χ2n) is 3.56. The molecule has 2 heterocycles. The number of alkyl halides is 1. The molecule has 6 heteroatoms. The molecule has 88 valence electrons. The Labute approximate surface area is 98.6 Å². The first-order chi connectivity index (χ1) is 7.81. The van der Waals surface area contributed by atoms with Crippen molar-refractivity contribution < 1.29 is 4.74 Å². The fourth-order valence-corrected chi connectivity index (χ4v) is 1.83. The van der Waals surface area contributed by atoms with E-state index in [2.05, 4.69) is 10.00 Å². The van der Waals surface area contributed by atoms with Gasteiger partial charge in [-0.1, -0.05) is 0 Å². The Kier molecular flexibility index (Phi) is 3.79. The van der Waals surface area contributed by atoms with Gasteiger partial charge in [-0.25, -0.2) is 4.68 Å². The molecule has 0 unspecified atom stereocenters. The van der Waals surface area contributed by atoms with Crippen LogP contribution in [0.3, 0.4) is 0 Å². The number of rotatable bonds is 3. The van der Waals surface area contributed by atoms with Crippen LogP contribution in [0.5, 0.6) is 0 Å². The van der Waals surface area contributed by atoms with Crippen LogP contribution < -0.4 is 10.5 Å². The second-order valence-corrected chi connectivity index (χ2v) is 3.94. The van der Waals surface area contributed by atoms with Crippen molar-refractivity contribution in [1.82, 2.24) is 9.78 Å². The molecule has 0 bridgehead atoms. The van der Waals surface area contributed by atoms with Crippen LogP contribution in [0.4, 0.5) is 5.69 Å². The highest BCUT2D eigenvalue weighted by atomic mass is 35.5. The molecule has 1 saturated heterocycles. The van der Waals surface area contributed by atoms with Crippen LogP contribution in [0.25, 0.3) is 0 Å². The number of nitrogens with zero attached hydrogens (tertiary/aromatic N) is 3. The summed E-state index contributed by atoms with van der Waals surface area (Å²) in [6.45, 7) is 3.46. The molecular formula is C10H14ClN3O2. The van der Waals surface area contributed by atoms with E-state index in [-0.39, 0.29) is 5.56 Å². The van der Waals surface area contributed by atoms with Gasteiger partial charge in [-0.3, -0.25) is 4.79 Å². The van der Waals surface area contributed by atoms with Crippen LogP contribution in [0.1, 0.15) is 0 Å². The monoisotopic (exact) mass is 243 g/mol. The minimum atomic E-state index is -0.107. The van der Waals surface area contributed by atoms with Gasteiger partial charge in [0.05, 0.1) is 31.6 Å². The summed E-state index contributed by atoms with van der Waals surface area (Å²) in [6.07, 6.45) is 1.71. The molecule has 2 rings (SSSR count). The zero-order chi connectivity index (χ0) is 11.4. The van der Waals surface area contributed by atoms with Gasteiger partial charge in [0, 0.05) is 25.0 Å². The van der Waals surface area contributed by atoms with E-state index in [0.717, 1.165) is 18.8 Å². The molecule has 0 saturated carbocycles. The topological polar surface area (TPSA) is 47.4 Å². The number of aromatic nitrogens is 2. The smallest absolute Gasteiger partial charge is 0.268 e. The maximum Gasteiger partial charge on any atom is 0.268 e. The Bertz CT molecular complexity index is 401. The van der Waals surface area contributed by atoms with Gasteiger partial charge in [0.2, 0.25) is 0 Å². The molecule has 1 aliphatic rings. The van der Waals surface area contributed by atoms with Crippen molar-refractivity contribution in [1.29, 1.82) is 0 Å². The molecule has 0 N–H and O–H groups in total. The number of hydrogen-bond acceptors (Lipinski definition) is 4. The van der Waals surface area contributed by atoms with Gasteiger partial charge >= 0.3 is 0 Å². The summed E-state index contributed by atoms with van der Waals surface area (Å²) >= 11 is 5.57. The Morgan fingerprint density at radius 3 is 2.81 bits per heavy atom. The maximum absolute atomic E-state index is 11.7. The van der Waals surface area contributed by atoms with Crippen LogP contribution in [0, 0.1) is 0 Å². The lowest BCUT2D eigenvalue weighted by Crippen LogP contribution is -2.37. The summed E-state index contributed by atoms with van der Waals surface area (Å²) in [5.41, 5.74) is 0.753. The molecule has 0 amide bonds. The first kappa shape index (κ1) is 11.4. The normalized spacial score (nSPS) is 16.4. The third kappa shape index (κ3) is 2.54. The zero-order valence-corrected chi connectivity index (χ0v) is 9.69. The molecule has 1 fully saturated rings. The summed E-state index contributed by atoms with van der Waals surface area (Å²) in [5, 5.41) is 4.08. The van der Waals surface area contributed by atoms with Gasteiger partial charge in [-0.15, -0.1) is 11.6 Å². The molecule has 0 atom stereocenters. The first-order valence-electron chi connectivity index (χ1n) is 5.27. The van der Waals surface area contributed by atoms with Crippen LogP contribution in [-0.2, 0) is 11.3 Å². The number of halogens is 1. The molecular weight excluding hydrogens is 230 g/mol. The van der Waals surface area contributed by atoms with Crippen LogP contribution >= 0.6 is 11.6 Å². The van der Waals surface area contributed by atoms with Gasteiger partial charge in [0.15, 0.2) is 0 Å². The van der Waals surface area contributed by atoms with Gasteiger partial charge in [0.25, 0.3) is 5.56 Å². The summed E-state index contributed by atoms with van der Waals surface area (Å²) in [4.78, 5) is 13.8. The van der Waals surface area contributed by atoms with Crippen molar-refractivity contribution in [3.63, 3.8) is 0 Å². The third-order valence-corrected chi connectivity index (χ3v) is 2.70. The van der Waals surface area contributed by atoms with Gasteiger partial charge < -0.3 is 9.64 Å². The van der Waals surface area contributed by atoms with Crippen molar-refractivity contribution in [2.75, 3.05) is 37.1 Å². The SMILES string of the molecule is O=c1cc(N2CCOCC2)cnn1CCCl. The van der Waals surface area contributed by atoms with Crippen molar-refractivity contribution in [2.45, 2.75) is 6.54 Å². The van der Waals surface area contributed by atoms with E-state index in [9.17, 15) is 4.79 Å². The van der Waals surface area contributed by atoms with Gasteiger partial charge in [-0.05, 0) is 0 Å². The quantitative estimate of drug-likeness (QED) is 0.718. The van der Waals surface area contributed by atoms with E-state index in [1.165, 1.54) is 4.68 Å². The Morgan fingerprint density at radius 1 is 1.44 bits per heavy atom. The van der Waals surface area contributed by atoms with Gasteiger partial charge in [0.1, 0.15) is 0 Å². The minimum Gasteiger partial charge on any atom is -0.378 e. The van der Waals surface area contributed by atoms with Crippen molar-refractivity contribution >= 4 is 17.3 Å². The molecule has 1 aliphatic heterocycles. The molecule has 0 radical (unpaired) electrons. The average molecular weight is 244 g/mol. The highest BCUT2D eigenvalue weighted by molar-refractivity contribution is 6.17. The predicted molar refractivity (Wildman–Crippen MR) is 62.2 cm³/mol. The molecule has 1 aromatic rings. The highest BCUT2D eigenvalue weighted by Gasteiger charge is 2.12. The van der Waals surface area contributed by atoms with E-state index >= 15 is 0 Å².